The summed E-state index contributed by atoms with van der Waals surface area (Å²) in [6, 6.07) is 13.7. The number of benzene rings is 1. The van der Waals surface area contributed by atoms with E-state index in [1.54, 1.807) is 68.1 Å². The zero-order chi connectivity index (χ0) is 22.7. The number of nitrogens with zero attached hydrogens (tertiary/aromatic N) is 3. The van der Waals surface area contributed by atoms with Crippen molar-refractivity contribution < 1.29 is 23.5 Å². The van der Waals surface area contributed by atoms with E-state index < -0.39 is 11.6 Å². The van der Waals surface area contributed by atoms with Crippen LogP contribution >= 0.6 is 0 Å². The molecule has 0 spiro atoms. The van der Waals surface area contributed by atoms with Crippen LogP contribution in [0.1, 0.15) is 31.1 Å². The highest BCUT2D eigenvalue weighted by Crippen LogP contribution is 2.21. The van der Waals surface area contributed by atoms with E-state index in [0.29, 0.717) is 17.0 Å². The summed E-state index contributed by atoms with van der Waals surface area (Å²) in [5.74, 6) is -0.212. The third-order valence-electron chi connectivity index (χ3n) is 4.30. The lowest BCUT2D eigenvalue weighted by Crippen LogP contribution is -2.27. The first-order valence-electron chi connectivity index (χ1n) is 9.93. The van der Waals surface area contributed by atoms with E-state index in [4.69, 9.17) is 13.9 Å². The van der Waals surface area contributed by atoms with E-state index in [9.17, 15) is 9.59 Å². The predicted octanol–water partition coefficient (Wildman–Crippen LogP) is 3.96. The summed E-state index contributed by atoms with van der Waals surface area (Å²) < 4.78 is 17.4. The number of anilines is 1. The Kier molecular flexibility index (Phi) is 5.63. The number of carbonyl (C=O) groups is 2. The summed E-state index contributed by atoms with van der Waals surface area (Å²) in [4.78, 5) is 28.7. The number of amides is 1. The van der Waals surface area contributed by atoms with Gasteiger partial charge in [-0.3, -0.25) is 10.1 Å². The van der Waals surface area contributed by atoms with Crippen LogP contribution in [0.3, 0.4) is 0 Å². The Morgan fingerprint density at radius 3 is 2.56 bits per heavy atom. The number of aromatic nitrogens is 3. The van der Waals surface area contributed by atoms with Crippen molar-refractivity contribution in [1.82, 2.24) is 14.6 Å². The lowest BCUT2D eigenvalue weighted by atomic mass is 10.2. The molecule has 0 unspecified atom stereocenters. The minimum Gasteiger partial charge on any atom is -0.482 e. The molecule has 4 rings (SSSR count). The number of furan rings is 1. The molecular formula is C23H22N4O5. The highest BCUT2D eigenvalue weighted by Gasteiger charge is 2.17. The molecule has 0 radical (unpaired) electrons. The maximum absolute atomic E-state index is 12.6. The van der Waals surface area contributed by atoms with Crippen LogP contribution in [0.4, 0.5) is 5.95 Å². The van der Waals surface area contributed by atoms with Crippen molar-refractivity contribution in [3.05, 3.63) is 66.6 Å². The van der Waals surface area contributed by atoms with Crippen LogP contribution in [-0.2, 0) is 9.53 Å². The van der Waals surface area contributed by atoms with Gasteiger partial charge in [-0.1, -0.05) is 6.07 Å². The van der Waals surface area contributed by atoms with Gasteiger partial charge in [-0.2, -0.15) is 4.98 Å². The van der Waals surface area contributed by atoms with Gasteiger partial charge in [0.25, 0.3) is 5.91 Å². The van der Waals surface area contributed by atoms with Gasteiger partial charge >= 0.3 is 5.97 Å². The summed E-state index contributed by atoms with van der Waals surface area (Å²) in [6.45, 7) is 5.14. The fourth-order valence-corrected chi connectivity index (χ4v) is 2.98. The highest BCUT2D eigenvalue weighted by atomic mass is 16.6. The van der Waals surface area contributed by atoms with Crippen LogP contribution in [0.5, 0.6) is 5.75 Å². The first-order valence-corrected chi connectivity index (χ1v) is 9.93. The van der Waals surface area contributed by atoms with Crippen LogP contribution < -0.4 is 10.1 Å². The highest BCUT2D eigenvalue weighted by molar-refractivity contribution is 6.03. The van der Waals surface area contributed by atoms with Crippen molar-refractivity contribution in [2.24, 2.45) is 0 Å². The summed E-state index contributed by atoms with van der Waals surface area (Å²) in [6.07, 6.45) is 3.19. The first-order chi connectivity index (χ1) is 15.3. The molecule has 164 valence electrons. The topological polar surface area (TPSA) is 108 Å². The molecule has 32 heavy (non-hydrogen) atoms. The molecule has 0 aliphatic heterocycles. The lowest BCUT2D eigenvalue weighted by molar-refractivity contribution is -0.157. The molecule has 9 nitrogen and oxygen atoms in total. The zero-order valence-corrected chi connectivity index (χ0v) is 17.9. The van der Waals surface area contributed by atoms with E-state index in [1.165, 1.54) is 0 Å². The zero-order valence-electron chi connectivity index (χ0n) is 17.9. The van der Waals surface area contributed by atoms with Crippen molar-refractivity contribution in [3.8, 4) is 17.0 Å². The maximum atomic E-state index is 12.6. The summed E-state index contributed by atoms with van der Waals surface area (Å²) in [7, 11) is 0. The summed E-state index contributed by atoms with van der Waals surface area (Å²) >= 11 is 0. The number of nitrogens with one attached hydrogen (secondary N) is 1. The van der Waals surface area contributed by atoms with E-state index in [0.717, 1.165) is 11.3 Å². The second-order valence-corrected chi connectivity index (χ2v) is 7.98. The van der Waals surface area contributed by atoms with Crippen LogP contribution in [-0.4, -0.2) is 38.7 Å². The van der Waals surface area contributed by atoms with Crippen molar-refractivity contribution in [2.75, 3.05) is 11.9 Å². The summed E-state index contributed by atoms with van der Waals surface area (Å²) in [5.41, 5.74) is 2.04. The van der Waals surface area contributed by atoms with Gasteiger partial charge in [-0.05, 0) is 63.2 Å². The van der Waals surface area contributed by atoms with E-state index in [2.05, 4.69) is 15.4 Å². The Labute approximate surface area is 184 Å². The van der Waals surface area contributed by atoms with E-state index in [1.807, 2.05) is 18.2 Å². The van der Waals surface area contributed by atoms with Gasteiger partial charge in [0.05, 0.1) is 18.2 Å². The Bertz CT molecular complexity index is 1240. The minimum atomic E-state index is -0.576. The molecule has 1 N–H and O–H groups in total. The molecule has 4 aromatic rings. The molecule has 0 saturated heterocycles. The van der Waals surface area contributed by atoms with Crippen molar-refractivity contribution in [3.63, 3.8) is 0 Å². The van der Waals surface area contributed by atoms with Crippen molar-refractivity contribution in [1.29, 1.82) is 0 Å². The van der Waals surface area contributed by atoms with E-state index >= 15 is 0 Å². The molecule has 3 aromatic heterocycles. The monoisotopic (exact) mass is 434 g/mol. The van der Waals surface area contributed by atoms with Gasteiger partial charge in [-0.25, -0.2) is 9.31 Å². The van der Waals surface area contributed by atoms with Crippen LogP contribution in [0, 0.1) is 0 Å². The first kappa shape index (κ1) is 21.1. The SMILES string of the molecule is CC(C)(C)OC(=O)COc1ccc(C(=O)Nc2nc3cccc(-c4ccoc4)n3n2)cc1. The van der Waals surface area contributed by atoms with Crippen LogP contribution in [0.2, 0.25) is 0 Å². The predicted molar refractivity (Wildman–Crippen MR) is 116 cm³/mol. The number of rotatable bonds is 6. The maximum Gasteiger partial charge on any atom is 0.344 e. The van der Waals surface area contributed by atoms with Crippen LogP contribution in [0.15, 0.2) is 65.5 Å². The second-order valence-electron chi connectivity index (χ2n) is 7.98. The normalized spacial score (nSPS) is 11.3. The average Bonchev–Trinajstić information content (AvgIpc) is 3.40. The molecular weight excluding hydrogens is 412 g/mol. The molecule has 9 heteroatoms. The molecule has 0 aliphatic rings. The fourth-order valence-electron chi connectivity index (χ4n) is 2.98. The minimum absolute atomic E-state index is 0.177. The van der Waals surface area contributed by atoms with Gasteiger partial charge < -0.3 is 13.9 Å². The second kappa shape index (κ2) is 8.54. The number of fused-ring (bicyclic) bond motifs is 1. The molecule has 0 atom stereocenters. The Morgan fingerprint density at radius 1 is 1.09 bits per heavy atom. The smallest absolute Gasteiger partial charge is 0.344 e. The number of hydrogen-bond acceptors (Lipinski definition) is 7. The van der Waals surface area contributed by atoms with Gasteiger partial charge in [0.2, 0.25) is 5.95 Å². The standard InChI is InChI=1S/C23H22N4O5/c1-23(2,3)32-20(28)14-31-17-9-7-15(8-10-17)21(29)25-22-24-19-6-4-5-18(27(19)26-22)16-11-12-30-13-16/h4-13H,14H2,1-3H3,(H,25,26,29). The number of pyridine rings is 1. The Balaban J connectivity index is 1.41. The molecule has 0 bridgehead atoms. The largest absolute Gasteiger partial charge is 0.482 e. The number of esters is 1. The van der Waals surface area contributed by atoms with Crippen molar-refractivity contribution >= 4 is 23.5 Å². The number of carbonyl (C=O) groups excluding carboxylic acids is 2. The molecule has 1 amide bonds. The van der Waals surface area contributed by atoms with Gasteiger partial charge in [0, 0.05) is 11.1 Å². The van der Waals surface area contributed by atoms with Gasteiger partial charge in [0.15, 0.2) is 12.3 Å². The van der Waals surface area contributed by atoms with E-state index in [-0.39, 0.29) is 18.5 Å². The van der Waals surface area contributed by atoms with Crippen molar-refractivity contribution in [2.45, 2.75) is 26.4 Å². The molecule has 0 saturated carbocycles. The third-order valence-corrected chi connectivity index (χ3v) is 4.30. The lowest BCUT2D eigenvalue weighted by Gasteiger charge is -2.19. The number of hydrogen-bond donors (Lipinski definition) is 1. The average molecular weight is 434 g/mol. The quantitative estimate of drug-likeness (QED) is 0.458. The molecule has 0 fully saturated rings. The molecule has 0 aliphatic carbocycles. The Hall–Kier alpha value is -4.14. The molecule has 1 aromatic carbocycles. The number of ether oxygens (including phenoxy) is 2. The fraction of sp³-hybridized carbons (Fsp3) is 0.217. The molecule has 3 heterocycles. The van der Waals surface area contributed by atoms with Gasteiger partial charge in [-0.15, -0.1) is 5.10 Å². The summed E-state index contributed by atoms with van der Waals surface area (Å²) in [5, 5.41) is 7.08. The van der Waals surface area contributed by atoms with Gasteiger partial charge in [0.1, 0.15) is 11.4 Å². The third kappa shape index (κ3) is 4.94. The van der Waals surface area contributed by atoms with Crippen LogP contribution in [0.25, 0.3) is 16.9 Å². The Morgan fingerprint density at radius 2 is 1.88 bits per heavy atom.